The van der Waals surface area contributed by atoms with Crippen molar-refractivity contribution in [3.05, 3.63) is 140 Å². The molecule has 0 saturated carbocycles. The Morgan fingerprint density at radius 3 is 1.55 bits per heavy atom. The Hall–Kier alpha value is -5.15. The van der Waals surface area contributed by atoms with Gasteiger partial charge in [0.15, 0.2) is 0 Å². The molecule has 0 spiro atoms. The maximum Gasteiger partial charge on any atom is 0.0717 e. The van der Waals surface area contributed by atoms with Gasteiger partial charge in [0.05, 0.1) is 11.4 Å². The Morgan fingerprint density at radius 1 is 0.342 bits per heavy atom. The van der Waals surface area contributed by atoms with E-state index in [9.17, 15) is 0 Å². The second kappa shape index (κ2) is 9.38. The van der Waals surface area contributed by atoms with Crippen LogP contribution in [0.3, 0.4) is 0 Å². The summed E-state index contributed by atoms with van der Waals surface area (Å²) in [5.74, 6) is 0. The normalized spacial score (nSPS) is 11.2. The second-order valence-electron chi connectivity index (χ2n) is 9.31. The minimum atomic E-state index is 0.923. The van der Waals surface area contributed by atoms with E-state index in [0.717, 1.165) is 33.6 Å². The summed E-state index contributed by atoms with van der Waals surface area (Å²) in [6.07, 6.45) is 7.44. The van der Waals surface area contributed by atoms with E-state index in [1.165, 1.54) is 32.7 Å². The van der Waals surface area contributed by atoms with Crippen molar-refractivity contribution in [2.45, 2.75) is 0 Å². The van der Waals surface area contributed by atoms with Gasteiger partial charge in [-0.05, 0) is 74.1 Å². The molecule has 3 nitrogen and oxygen atoms in total. The molecule has 0 radical (unpaired) electrons. The zero-order valence-corrected chi connectivity index (χ0v) is 20.6. The number of benzene rings is 4. The van der Waals surface area contributed by atoms with Gasteiger partial charge in [-0.25, -0.2) is 0 Å². The molecule has 7 rings (SSSR count). The highest BCUT2D eigenvalue weighted by Gasteiger charge is 2.17. The van der Waals surface area contributed by atoms with Crippen LogP contribution in [0.2, 0.25) is 0 Å². The summed E-state index contributed by atoms with van der Waals surface area (Å²) in [7, 11) is 0. The summed E-state index contributed by atoms with van der Waals surface area (Å²) < 4.78 is 0. The molecule has 0 aliphatic heterocycles. The SMILES string of the molecule is c1ccc(-c2ccc(-c3c4ccccc4c(-c4ccc(-c5cccnc5)cc4)c4ccccc34)nc2)nc1. The molecular formula is C35H23N3. The highest BCUT2D eigenvalue weighted by atomic mass is 14.7. The molecule has 0 aliphatic rings. The first-order valence-electron chi connectivity index (χ1n) is 12.7. The standard InChI is InChI=1S/C35H23N3/c1-3-11-30-28(9-1)34(25-16-14-24(15-17-25)26-8-7-20-36-22-26)29-10-2-4-12-31(29)35(30)33-19-18-27(23-38-33)32-13-5-6-21-37-32/h1-23H. The third kappa shape index (κ3) is 3.82. The van der Waals surface area contributed by atoms with Crippen LogP contribution in [0.5, 0.6) is 0 Å². The lowest BCUT2D eigenvalue weighted by atomic mass is 9.87. The van der Waals surface area contributed by atoms with Crippen molar-refractivity contribution in [1.82, 2.24) is 15.0 Å². The minimum absolute atomic E-state index is 0.923. The van der Waals surface area contributed by atoms with Crippen molar-refractivity contribution in [2.24, 2.45) is 0 Å². The molecule has 0 aliphatic carbocycles. The summed E-state index contributed by atoms with van der Waals surface area (Å²) >= 11 is 0. The van der Waals surface area contributed by atoms with Crippen LogP contribution >= 0.6 is 0 Å². The Bertz CT molecular complexity index is 1680. The average molecular weight is 486 g/mol. The number of nitrogens with zero attached hydrogens (tertiary/aromatic N) is 3. The summed E-state index contributed by atoms with van der Waals surface area (Å²) in [6, 6.07) is 40.3. The Labute approximate surface area is 221 Å². The molecule has 0 saturated heterocycles. The molecule has 3 heteroatoms. The molecule has 3 aromatic heterocycles. The quantitative estimate of drug-likeness (QED) is 0.234. The Kier molecular flexibility index (Phi) is 5.45. The molecule has 0 N–H and O–H groups in total. The Morgan fingerprint density at radius 2 is 0.974 bits per heavy atom. The fraction of sp³-hybridized carbons (Fsp3) is 0. The van der Waals surface area contributed by atoms with Crippen LogP contribution in [0, 0.1) is 0 Å². The second-order valence-corrected chi connectivity index (χ2v) is 9.31. The zero-order chi connectivity index (χ0) is 25.3. The predicted molar refractivity (Wildman–Crippen MR) is 157 cm³/mol. The molecule has 0 atom stereocenters. The molecule has 0 fully saturated rings. The number of fused-ring (bicyclic) bond motifs is 2. The van der Waals surface area contributed by atoms with Crippen molar-refractivity contribution in [3.8, 4) is 44.8 Å². The minimum Gasteiger partial charge on any atom is -0.264 e. The fourth-order valence-electron chi connectivity index (χ4n) is 5.31. The van der Waals surface area contributed by atoms with Crippen molar-refractivity contribution in [1.29, 1.82) is 0 Å². The first kappa shape index (κ1) is 22.1. The van der Waals surface area contributed by atoms with Crippen LogP contribution in [0.4, 0.5) is 0 Å². The first-order chi connectivity index (χ1) is 18.9. The van der Waals surface area contributed by atoms with E-state index >= 15 is 0 Å². The smallest absolute Gasteiger partial charge is 0.0717 e. The van der Waals surface area contributed by atoms with E-state index in [0.29, 0.717) is 0 Å². The molecule has 38 heavy (non-hydrogen) atoms. The molecular weight excluding hydrogens is 462 g/mol. The van der Waals surface area contributed by atoms with Crippen LogP contribution in [0.15, 0.2) is 140 Å². The third-order valence-corrected chi connectivity index (χ3v) is 7.08. The summed E-state index contributed by atoms with van der Waals surface area (Å²) in [6.45, 7) is 0. The molecule has 0 amide bonds. The number of aromatic nitrogens is 3. The van der Waals surface area contributed by atoms with Gasteiger partial charge in [0.2, 0.25) is 0 Å². The van der Waals surface area contributed by atoms with Crippen LogP contribution in [0.1, 0.15) is 0 Å². The van der Waals surface area contributed by atoms with Crippen molar-refractivity contribution in [3.63, 3.8) is 0 Å². The lowest BCUT2D eigenvalue weighted by Gasteiger charge is -2.17. The lowest BCUT2D eigenvalue weighted by Crippen LogP contribution is -1.93. The van der Waals surface area contributed by atoms with Gasteiger partial charge in [0, 0.05) is 35.9 Å². The third-order valence-electron chi connectivity index (χ3n) is 7.08. The van der Waals surface area contributed by atoms with Gasteiger partial charge < -0.3 is 0 Å². The van der Waals surface area contributed by atoms with Crippen molar-refractivity contribution >= 4 is 21.5 Å². The fourth-order valence-corrected chi connectivity index (χ4v) is 5.31. The summed E-state index contributed by atoms with van der Waals surface area (Å²) in [5.41, 5.74) is 8.74. The highest BCUT2D eigenvalue weighted by molar-refractivity contribution is 6.21. The van der Waals surface area contributed by atoms with Crippen LogP contribution in [-0.2, 0) is 0 Å². The number of pyridine rings is 3. The van der Waals surface area contributed by atoms with E-state index in [2.05, 4.69) is 101 Å². The number of rotatable bonds is 4. The van der Waals surface area contributed by atoms with Crippen LogP contribution in [0.25, 0.3) is 66.3 Å². The van der Waals surface area contributed by atoms with E-state index in [1.807, 2.05) is 42.9 Å². The predicted octanol–water partition coefficient (Wildman–Crippen LogP) is 8.85. The van der Waals surface area contributed by atoms with Crippen molar-refractivity contribution in [2.75, 3.05) is 0 Å². The summed E-state index contributed by atoms with van der Waals surface area (Å²) in [4.78, 5) is 13.7. The molecule has 7 aromatic rings. The largest absolute Gasteiger partial charge is 0.264 e. The monoisotopic (exact) mass is 485 g/mol. The number of hydrogen-bond donors (Lipinski definition) is 0. The average Bonchev–Trinajstić information content (AvgIpc) is 3.01. The van der Waals surface area contributed by atoms with Crippen molar-refractivity contribution < 1.29 is 0 Å². The van der Waals surface area contributed by atoms with Gasteiger partial charge in [0.25, 0.3) is 0 Å². The maximum absolute atomic E-state index is 4.93. The maximum atomic E-state index is 4.93. The molecule has 178 valence electrons. The molecule has 0 bridgehead atoms. The topological polar surface area (TPSA) is 38.7 Å². The van der Waals surface area contributed by atoms with Gasteiger partial charge in [-0.1, -0.05) is 84.9 Å². The van der Waals surface area contributed by atoms with Crippen LogP contribution < -0.4 is 0 Å². The molecule has 0 unspecified atom stereocenters. The Balaban J connectivity index is 1.43. The number of hydrogen-bond acceptors (Lipinski definition) is 3. The van der Waals surface area contributed by atoms with Gasteiger partial charge in [0.1, 0.15) is 0 Å². The molecule has 4 aromatic carbocycles. The summed E-state index contributed by atoms with van der Waals surface area (Å²) in [5, 5.41) is 4.81. The van der Waals surface area contributed by atoms with Gasteiger partial charge in [-0.15, -0.1) is 0 Å². The van der Waals surface area contributed by atoms with E-state index in [1.54, 1.807) is 6.20 Å². The van der Waals surface area contributed by atoms with Crippen LogP contribution in [-0.4, -0.2) is 15.0 Å². The lowest BCUT2D eigenvalue weighted by molar-refractivity contribution is 1.28. The van der Waals surface area contributed by atoms with Gasteiger partial charge in [-0.3, -0.25) is 15.0 Å². The molecule has 3 heterocycles. The van der Waals surface area contributed by atoms with Gasteiger partial charge >= 0.3 is 0 Å². The van der Waals surface area contributed by atoms with Gasteiger partial charge in [-0.2, -0.15) is 0 Å². The van der Waals surface area contributed by atoms with E-state index in [-0.39, 0.29) is 0 Å². The van der Waals surface area contributed by atoms with E-state index < -0.39 is 0 Å². The zero-order valence-electron chi connectivity index (χ0n) is 20.6. The highest BCUT2D eigenvalue weighted by Crippen LogP contribution is 2.43. The van der Waals surface area contributed by atoms with E-state index in [4.69, 9.17) is 4.98 Å². The first-order valence-corrected chi connectivity index (χ1v) is 12.7.